The van der Waals surface area contributed by atoms with Gasteiger partial charge in [0.2, 0.25) is 0 Å². The van der Waals surface area contributed by atoms with Crippen molar-refractivity contribution < 1.29 is 9.84 Å². The van der Waals surface area contributed by atoms with Crippen molar-refractivity contribution in [1.82, 2.24) is 15.1 Å². The summed E-state index contributed by atoms with van der Waals surface area (Å²) in [6.45, 7) is 2.50. The summed E-state index contributed by atoms with van der Waals surface area (Å²) < 4.78 is 8.75. The Kier molecular flexibility index (Phi) is 3.77. The Labute approximate surface area is 144 Å². The number of rotatable bonds is 1. The summed E-state index contributed by atoms with van der Waals surface area (Å²) in [5, 5.41) is 18.2. The summed E-state index contributed by atoms with van der Waals surface area (Å²) in [5.41, 5.74) is 1.72. The van der Waals surface area contributed by atoms with Gasteiger partial charge in [-0.1, -0.05) is 11.6 Å². The van der Waals surface area contributed by atoms with Gasteiger partial charge in [0, 0.05) is 47.8 Å². The molecule has 2 N–H and O–H groups in total. The molecule has 0 aromatic carbocycles. The van der Waals surface area contributed by atoms with Crippen molar-refractivity contribution in [2.24, 2.45) is 7.05 Å². The molecule has 4 rings (SSSR count). The smallest absolute Gasteiger partial charge is 0.106 e. The van der Waals surface area contributed by atoms with Crippen LogP contribution in [0.15, 0.2) is 18.5 Å². The summed E-state index contributed by atoms with van der Waals surface area (Å²) in [4.78, 5) is 1.09. The van der Waals surface area contributed by atoms with Gasteiger partial charge >= 0.3 is 0 Å². The molecule has 1 unspecified atom stereocenters. The van der Waals surface area contributed by atoms with Crippen LogP contribution in [0.25, 0.3) is 0 Å². The summed E-state index contributed by atoms with van der Waals surface area (Å²) in [6.07, 6.45) is 5.06. The van der Waals surface area contributed by atoms with Crippen LogP contribution in [-0.2, 0) is 17.4 Å². The lowest BCUT2D eigenvalue weighted by Gasteiger charge is -2.46. The highest BCUT2D eigenvalue weighted by Gasteiger charge is 2.48. The Morgan fingerprint density at radius 2 is 2.35 bits per heavy atom. The number of thiophene rings is 1. The second kappa shape index (κ2) is 5.57. The maximum absolute atomic E-state index is 10.2. The predicted octanol–water partition coefficient (Wildman–Crippen LogP) is 2.91. The number of hydrogen-bond donors (Lipinski definition) is 2. The number of nitrogens with zero attached hydrogens (tertiary/aromatic N) is 2. The second-order valence-electron chi connectivity index (χ2n) is 6.63. The first-order valence-electron chi connectivity index (χ1n) is 7.83. The molecule has 5 nitrogen and oxygen atoms in total. The van der Waals surface area contributed by atoms with Crippen LogP contribution in [0.4, 0.5) is 0 Å². The highest BCUT2D eigenvalue weighted by Crippen LogP contribution is 2.51. The molecule has 0 aliphatic carbocycles. The van der Waals surface area contributed by atoms with Gasteiger partial charge in [0.1, 0.15) is 11.7 Å². The van der Waals surface area contributed by atoms with E-state index < -0.39 is 6.10 Å². The summed E-state index contributed by atoms with van der Waals surface area (Å²) in [5.74, 6) is 0. The molecule has 1 fully saturated rings. The molecule has 23 heavy (non-hydrogen) atoms. The highest BCUT2D eigenvalue weighted by molar-refractivity contribution is 7.16. The Morgan fingerprint density at radius 3 is 3.09 bits per heavy atom. The number of ether oxygens (including phenoxy) is 1. The van der Waals surface area contributed by atoms with Crippen LogP contribution < -0.4 is 5.32 Å². The highest BCUT2D eigenvalue weighted by atomic mass is 35.5. The minimum Gasteiger partial charge on any atom is -0.386 e. The van der Waals surface area contributed by atoms with Gasteiger partial charge < -0.3 is 15.2 Å². The third kappa shape index (κ3) is 2.62. The topological polar surface area (TPSA) is 59.3 Å². The van der Waals surface area contributed by atoms with Crippen LogP contribution in [-0.4, -0.2) is 27.5 Å². The minimum atomic E-state index is -0.582. The molecule has 0 bridgehead atoms. The van der Waals surface area contributed by atoms with Gasteiger partial charge in [-0.25, -0.2) is 0 Å². The number of fused-ring (bicyclic) bond motifs is 2. The van der Waals surface area contributed by atoms with Crippen molar-refractivity contribution in [3.8, 4) is 0 Å². The van der Waals surface area contributed by atoms with E-state index in [1.54, 1.807) is 0 Å². The lowest BCUT2D eigenvalue weighted by atomic mass is 9.78. The van der Waals surface area contributed by atoms with E-state index in [1.807, 2.05) is 30.2 Å². The summed E-state index contributed by atoms with van der Waals surface area (Å²) in [6, 6.07) is 2.37. The minimum absolute atomic E-state index is 0.177. The van der Waals surface area contributed by atoms with Crippen LogP contribution in [0.5, 0.6) is 0 Å². The van der Waals surface area contributed by atoms with Crippen molar-refractivity contribution >= 4 is 22.9 Å². The Hall–Kier alpha value is -0.920. The normalized spacial score (nSPS) is 33.8. The van der Waals surface area contributed by atoms with Gasteiger partial charge in [0.25, 0.3) is 0 Å². The number of aliphatic hydroxyl groups is 1. The Balaban J connectivity index is 1.74. The number of halogens is 1. The van der Waals surface area contributed by atoms with Gasteiger partial charge in [-0.05, 0) is 19.4 Å². The molecule has 1 spiro atoms. The lowest BCUT2D eigenvalue weighted by Crippen LogP contribution is -2.50. The first-order valence-corrected chi connectivity index (χ1v) is 9.02. The SMILES string of the molecule is C[C@H]1C[C@@]2(C[C@@H](c3cnn(C)c3)N1)OCC(O)c1cc(Cl)sc12. The van der Waals surface area contributed by atoms with E-state index in [-0.39, 0.29) is 11.6 Å². The average Bonchev–Trinajstić information content (AvgIpc) is 3.10. The molecule has 2 aromatic rings. The molecule has 4 heterocycles. The molecule has 7 heteroatoms. The van der Waals surface area contributed by atoms with Crippen LogP contribution in [0.2, 0.25) is 4.34 Å². The van der Waals surface area contributed by atoms with Gasteiger partial charge in [0.15, 0.2) is 0 Å². The first kappa shape index (κ1) is 15.6. The van der Waals surface area contributed by atoms with Gasteiger partial charge in [-0.2, -0.15) is 5.10 Å². The standard InChI is InChI=1S/C16H20ClN3O2S/c1-9-4-16(5-12(19-9)10-6-18-20(2)7-10)15-11(3-14(17)23-15)13(21)8-22-16/h3,6-7,9,12-13,19,21H,4-5,8H2,1-2H3/t9-,12-,13?,16-/m0/s1. The zero-order valence-electron chi connectivity index (χ0n) is 13.1. The molecular formula is C16H20ClN3O2S. The average molecular weight is 354 g/mol. The number of aryl methyl sites for hydroxylation is 1. The molecule has 0 radical (unpaired) electrons. The number of aliphatic hydroxyl groups excluding tert-OH is 1. The van der Waals surface area contributed by atoms with Gasteiger partial charge in [-0.15, -0.1) is 11.3 Å². The van der Waals surface area contributed by atoms with Crippen molar-refractivity contribution in [3.05, 3.63) is 38.8 Å². The second-order valence-corrected chi connectivity index (χ2v) is 8.32. The van der Waals surface area contributed by atoms with E-state index in [0.29, 0.717) is 17.0 Å². The summed E-state index contributed by atoms with van der Waals surface area (Å²) in [7, 11) is 1.93. The fourth-order valence-corrected chi connectivity index (χ4v) is 5.33. The molecule has 124 valence electrons. The molecule has 0 amide bonds. The number of piperidine rings is 1. The Bertz CT molecular complexity index is 731. The van der Waals surface area contributed by atoms with Crippen molar-refractivity contribution in [2.45, 2.75) is 43.6 Å². The Morgan fingerprint density at radius 1 is 1.52 bits per heavy atom. The van der Waals surface area contributed by atoms with E-state index in [9.17, 15) is 5.11 Å². The molecule has 2 aromatic heterocycles. The number of nitrogens with one attached hydrogen (secondary N) is 1. The van der Waals surface area contributed by atoms with E-state index >= 15 is 0 Å². The van der Waals surface area contributed by atoms with Gasteiger partial charge in [0.05, 0.1) is 17.1 Å². The van der Waals surface area contributed by atoms with Crippen LogP contribution in [0.1, 0.15) is 47.9 Å². The monoisotopic (exact) mass is 353 g/mol. The largest absolute Gasteiger partial charge is 0.386 e. The fourth-order valence-electron chi connectivity index (χ4n) is 3.88. The van der Waals surface area contributed by atoms with E-state index in [1.165, 1.54) is 11.3 Å². The quantitative estimate of drug-likeness (QED) is 0.827. The maximum Gasteiger partial charge on any atom is 0.106 e. The number of aromatic nitrogens is 2. The third-order valence-electron chi connectivity index (χ3n) is 4.80. The molecule has 1 saturated heterocycles. The molecule has 0 saturated carbocycles. The van der Waals surface area contributed by atoms with Crippen molar-refractivity contribution in [1.29, 1.82) is 0 Å². The van der Waals surface area contributed by atoms with Crippen LogP contribution in [0, 0.1) is 0 Å². The van der Waals surface area contributed by atoms with Gasteiger partial charge in [-0.3, -0.25) is 4.68 Å². The molecule has 2 aliphatic rings. The van der Waals surface area contributed by atoms with E-state index in [4.69, 9.17) is 16.3 Å². The predicted molar refractivity (Wildman–Crippen MR) is 89.7 cm³/mol. The van der Waals surface area contributed by atoms with Crippen LogP contribution >= 0.6 is 22.9 Å². The van der Waals surface area contributed by atoms with E-state index in [2.05, 4.69) is 17.3 Å². The van der Waals surface area contributed by atoms with Crippen LogP contribution in [0.3, 0.4) is 0 Å². The van der Waals surface area contributed by atoms with E-state index in [0.717, 1.165) is 28.8 Å². The maximum atomic E-state index is 10.2. The molecule has 2 aliphatic heterocycles. The van der Waals surface area contributed by atoms with Crippen molar-refractivity contribution in [3.63, 3.8) is 0 Å². The number of hydrogen-bond acceptors (Lipinski definition) is 5. The lowest BCUT2D eigenvalue weighted by molar-refractivity contribution is -0.129. The van der Waals surface area contributed by atoms with Crippen molar-refractivity contribution in [2.75, 3.05) is 6.61 Å². The zero-order chi connectivity index (χ0) is 16.2. The molecular weight excluding hydrogens is 334 g/mol. The first-order chi connectivity index (χ1) is 11.0. The third-order valence-corrected chi connectivity index (χ3v) is 6.27. The molecule has 4 atom stereocenters. The summed E-state index contributed by atoms with van der Waals surface area (Å²) >= 11 is 7.77. The zero-order valence-corrected chi connectivity index (χ0v) is 14.7. The fraction of sp³-hybridized carbons (Fsp3) is 0.562.